The third-order valence-corrected chi connectivity index (χ3v) is 3.51. The van der Waals surface area contributed by atoms with Crippen LogP contribution in [0.1, 0.15) is 23.8 Å². The zero-order valence-electron chi connectivity index (χ0n) is 11.0. The number of nitrogens with zero attached hydrogens (tertiary/aromatic N) is 1. The number of aromatic nitrogens is 1. The number of rotatable bonds is 5. The minimum absolute atomic E-state index is 0.0859. The maximum absolute atomic E-state index is 12.4. The van der Waals surface area contributed by atoms with E-state index in [1.54, 1.807) is 6.92 Å². The second-order valence-corrected chi connectivity index (χ2v) is 4.77. The predicted octanol–water partition coefficient (Wildman–Crippen LogP) is 2.76. The van der Waals surface area contributed by atoms with Crippen molar-refractivity contribution in [2.45, 2.75) is 13.3 Å². The number of aromatic amines is 1. The molecule has 2 rings (SSSR count). The summed E-state index contributed by atoms with van der Waals surface area (Å²) in [6.45, 7) is 2.39. The van der Waals surface area contributed by atoms with E-state index in [4.69, 9.17) is 16.7 Å². The van der Waals surface area contributed by atoms with Crippen molar-refractivity contribution < 1.29 is 14.7 Å². The quantitative estimate of drug-likeness (QED) is 0.890. The SMILES string of the molecule is CCN(CCC(=O)O)C(=O)c1[nH]c2ccccc2c1Cl. The molecule has 0 bridgehead atoms. The van der Waals surface area contributed by atoms with Gasteiger partial charge in [0.2, 0.25) is 0 Å². The van der Waals surface area contributed by atoms with Gasteiger partial charge in [-0.3, -0.25) is 9.59 Å². The van der Waals surface area contributed by atoms with E-state index in [2.05, 4.69) is 4.98 Å². The van der Waals surface area contributed by atoms with E-state index in [0.29, 0.717) is 17.3 Å². The lowest BCUT2D eigenvalue weighted by Gasteiger charge is -2.19. The van der Waals surface area contributed by atoms with Crippen molar-refractivity contribution in [1.82, 2.24) is 9.88 Å². The van der Waals surface area contributed by atoms with E-state index in [-0.39, 0.29) is 18.9 Å². The van der Waals surface area contributed by atoms with Gasteiger partial charge in [-0.2, -0.15) is 0 Å². The maximum atomic E-state index is 12.4. The molecule has 2 N–H and O–H groups in total. The van der Waals surface area contributed by atoms with E-state index < -0.39 is 5.97 Å². The summed E-state index contributed by atoms with van der Waals surface area (Å²) in [5.41, 5.74) is 1.09. The molecular formula is C14H15ClN2O3. The lowest BCUT2D eigenvalue weighted by atomic mass is 10.2. The Balaban J connectivity index is 2.29. The predicted molar refractivity (Wildman–Crippen MR) is 77.1 cm³/mol. The average molecular weight is 295 g/mol. The Labute approximate surface area is 121 Å². The van der Waals surface area contributed by atoms with Crippen molar-refractivity contribution in [3.8, 4) is 0 Å². The number of nitrogens with one attached hydrogen (secondary N) is 1. The van der Waals surface area contributed by atoms with Crippen molar-refractivity contribution in [2.75, 3.05) is 13.1 Å². The summed E-state index contributed by atoms with van der Waals surface area (Å²) in [6, 6.07) is 7.37. The van der Waals surface area contributed by atoms with Crippen molar-refractivity contribution >= 4 is 34.4 Å². The molecule has 0 fully saturated rings. The number of amides is 1. The number of hydrogen-bond donors (Lipinski definition) is 2. The monoisotopic (exact) mass is 294 g/mol. The minimum Gasteiger partial charge on any atom is -0.481 e. The number of hydrogen-bond acceptors (Lipinski definition) is 2. The van der Waals surface area contributed by atoms with Gasteiger partial charge < -0.3 is 15.0 Å². The van der Waals surface area contributed by atoms with Gasteiger partial charge in [-0.25, -0.2) is 0 Å². The van der Waals surface area contributed by atoms with Gasteiger partial charge >= 0.3 is 5.97 Å². The topological polar surface area (TPSA) is 73.4 Å². The second-order valence-electron chi connectivity index (χ2n) is 4.39. The Morgan fingerprint density at radius 3 is 2.65 bits per heavy atom. The zero-order chi connectivity index (χ0) is 14.7. The van der Waals surface area contributed by atoms with Crippen LogP contribution in [0.2, 0.25) is 5.02 Å². The largest absolute Gasteiger partial charge is 0.481 e. The maximum Gasteiger partial charge on any atom is 0.305 e. The van der Waals surface area contributed by atoms with Gasteiger partial charge in [-0.1, -0.05) is 29.8 Å². The molecule has 1 heterocycles. The third kappa shape index (κ3) is 2.77. The van der Waals surface area contributed by atoms with E-state index in [9.17, 15) is 9.59 Å². The van der Waals surface area contributed by atoms with Crippen LogP contribution in [0.3, 0.4) is 0 Å². The minimum atomic E-state index is -0.931. The van der Waals surface area contributed by atoms with E-state index in [0.717, 1.165) is 10.9 Å². The summed E-state index contributed by atoms with van der Waals surface area (Å²) in [6.07, 6.45) is -0.0859. The Kier molecular flexibility index (Phi) is 4.29. The molecule has 106 valence electrons. The van der Waals surface area contributed by atoms with Gasteiger partial charge in [0.25, 0.3) is 5.91 Å². The van der Waals surface area contributed by atoms with Gasteiger partial charge in [0.05, 0.1) is 11.4 Å². The fourth-order valence-electron chi connectivity index (χ4n) is 2.05. The van der Waals surface area contributed by atoms with E-state index >= 15 is 0 Å². The number of carbonyl (C=O) groups is 2. The first kappa shape index (κ1) is 14.4. The third-order valence-electron chi connectivity index (χ3n) is 3.12. The number of benzene rings is 1. The molecule has 0 aliphatic rings. The van der Waals surface area contributed by atoms with Gasteiger partial charge in [0.1, 0.15) is 5.69 Å². The number of fused-ring (bicyclic) bond motifs is 1. The van der Waals surface area contributed by atoms with Crippen LogP contribution in [-0.4, -0.2) is 40.0 Å². The molecule has 0 unspecified atom stereocenters. The zero-order valence-corrected chi connectivity index (χ0v) is 11.8. The molecule has 0 saturated heterocycles. The summed E-state index contributed by atoms with van der Waals surface area (Å²) >= 11 is 6.22. The number of para-hydroxylation sites is 1. The first-order chi connectivity index (χ1) is 9.54. The molecule has 1 aromatic heterocycles. The fourth-order valence-corrected chi connectivity index (χ4v) is 2.34. The van der Waals surface area contributed by atoms with Crippen molar-refractivity contribution in [2.24, 2.45) is 0 Å². The number of carboxylic acid groups (broad SMARTS) is 1. The van der Waals surface area contributed by atoms with Gasteiger partial charge in [0, 0.05) is 24.0 Å². The molecule has 0 aliphatic carbocycles. The molecule has 6 heteroatoms. The highest BCUT2D eigenvalue weighted by Crippen LogP contribution is 2.28. The summed E-state index contributed by atoms with van der Waals surface area (Å²) in [7, 11) is 0. The molecule has 1 amide bonds. The van der Waals surface area contributed by atoms with Gasteiger partial charge in [-0.15, -0.1) is 0 Å². The van der Waals surface area contributed by atoms with Crippen LogP contribution in [0.4, 0.5) is 0 Å². The first-order valence-corrected chi connectivity index (χ1v) is 6.69. The molecule has 5 nitrogen and oxygen atoms in total. The summed E-state index contributed by atoms with van der Waals surface area (Å²) in [5, 5.41) is 9.87. The van der Waals surface area contributed by atoms with Crippen molar-refractivity contribution in [1.29, 1.82) is 0 Å². The fraction of sp³-hybridized carbons (Fsp3) is 0.286. The van der Waals surface area contributed by atoms with Crippen LogP contribution >= 0.6 is 11.6 Å². The smallest absolute Gasteiger partial charge is 0.305 e. The van der Waals surface area contributed by atoms with Crippen molar-refractivity contribution in [3.05, 3.63) is 35.0 Å². The highest BCUT2D eigenvalue weighted by atomic mass is 35.5. The van der Waals surface area contributed by atoms with Gasteiger partial charge in [-0.05, 0) is 13.0 Å². The van der Waals surface area contributed by atoms with Gasteiger partial charge in [0.15, 0.2) is 0 Å². The molecule has 0 spiro atoms. The van der Waals surface area contributed by atoms with E-state index in [1.807, 2.05) is 24.3 Å². The normalized spacial score (nSPS) is 10.7. The van der Waals surface area contributed by atoms with Crippen LogP contribution in [0.25, 0.3) is 10.9 Å². The standard InChI is InChI=1S/C14H15ClN2O3/c1-2-17(8-7-11(18)19)14(20)13-12(15)9-5-3-4-6-10(9)16-13/h3-6,16H,2,7-8H2,1H3,(H,18,19). The highest BCUT2D eigenvalue weighted by molar-refractivity contribution is 6.38. The second kappa shape index (κ2) is 5.96. The Morgan fingerprint density at radius 1 is 1.35 bits per heavy atom. The Morgan fingerprint density at radius 2 is 2.05 bits per heavy atom. The van der Waals surface area contributed by atoms with Crippen molar-refractivity contribution in [3.63, 3.8) is 0 Å². The number of carboxylic acids is 1. The molecule has 20 heavy (non-hydrogen) atoms. The van der Waals surface area contributed by atoms with Crippen LogP contribution in [-0.2, 0) is 4.79 Å². The summed E-state index contributed by atoms with van der Waals surface area (Å²) in [5.74, 6) is -1.21. The van der Waals surface area contributed by atoms with Crippen LogP contribution < -0.4 is 0 Å². The molecule has 0 saturated carbocycles. The first-order valence-electron chi connectivity index (χ1n) is 6.31. The molecule has 0 atom stereocenters. The average Bonchev–Trinajstić information content (AvgIpc) is 2.77. The number of carbonyl (C=O) groups excluding carboxylic acids is 1. The van der Waals surface area contributed by atoms with Crippen LogP contribution in [0.15, 0.2) is 24.3 Å². The lowest BCUT2D eigenvalue weighted by molar-refractivity contribution is -0.137. The molecule has 2 aromatic rings. The number of aliphatic carboxylic acids is 1. The molecule has 0 aliphatic heterocycles. The Bertz CT molecular complexity index is 651. The van der Waals surface area contributed by atoms with E-state index in [1.165, 1.54) is 4.90 Å². The summed E-state index contributed by atoms with van der Waals surface area (Å²) < 4.78 is 0. The highest BCUT2D eigenvalue weighted by Gasteiger charge is 2.21. The number of H-pyrrole nitrogens is 1. The molecule has 0 radical (unpaired) electrons. The summed E-state index contributed by atoms with van der Waals surface area (Å²) in [4.78, 5) is 27.5. The molecular weight excluding hydrogens is 280 g/mol. The van der Waals surface area contributed by atoms with Crippen LogP contribution in [0.5, 0.6) is 0 Å². The number of halogens is 1. The molecule has 1 aromatic carbocycles. The Hall–Kier alpha value is -2.01. The van der Waals surface area contributed by atoms with Crippen LogP contribution in [0, 0.1) is 0 Å². The lowest BCUT2D eigenvalue weighted by Crippen LogP contribution is -2.33.